The van der Waals surface area contributed by atoms with Crippen LogP contribution in [0.5, 0.6) is 5.75 Å². The summed E-state index contributed by atoms with van der Waals surface area (Å²) in [5.41, 5.74) is 4.69. The molecule has 0 spiro atoms. The van der Waals surface area contributed by atoms with Crippen LogP contribution in [0.4, 0.5) is 5.82 Å². The van der Waals surface area contributed by atoms with Gasteiger partial charge in [-0.1, -0.05) is 36.4 Å². The predicted molar refractivity (Wildman–Crippen MR) is 104 cm³/mol. The minimum Gasteiger partial charge on any atom is -0.497 e. The molecule has 3 N–H and O–H groups in total. The molecule has 1 unspecified atom stereocenters. The predicted octanol–water partition coefficient (Wildman–Crippen LogP) is 4.50. The minimum atomic E-state index is -0.0140. The van der Waals surface area contributed by atoms with Crippen LogP contribution in [-0.4, -0.2) is 12.1 Å². The zero-order valence-corrected chi connectivity index (χ0v) is 14.9. The molecule has 4 rings (SSSR count). The molecule has 4 heteroatoms. The highest BCUT2D eigenvalue weighted by atomic mass is 16.5. The Morgan fingerprint density at radius 1 is 1.00 bits per heavy atom. The molecule has 4 nitrogen and oxygen atoms in total. The van der Waals surface area contributed by atoms with Crippen LogP contribution in [0.1, 0.15) is 22.9 Å². The number of rotatable bonds is 5. The summed E-state index contributed by atoms with van der Waals surface area (Å²) in [6.45, 7) is 2.12. The molecule has 0 aliphatic heterocycles. The van der Waals surface area contributed by atoms with Gasteiger partial charge in [0.05, 0.1) is 13.3 Å². The quantitative estimate of drug-likeness (QED) is 0.560. The third kappa shape index (κ3) is 3.02. The van der Waals surface area contributed by atoms with Crippen molar-refractivity contribution < 1.29 is 9.72 Å². The molecule has 0 saturated carbocycles. The van der Waals surface area contributed by atoms with Gasteiger partial charge in [-0.25, -0.2) is 4.98 Å². The molecule has 2 aromatic heterocycles. The van der Waals surface area contributed by atoms with Gasteiger partial charge in [0.15, 0.2) is 0 Å². The fraction of sp³-hybridized carbons (Fsp3) is 0.136. The lowest BCUT2D eigenvalue weighted by Crippen LogP contribution is -2.19. The average molecular weight is 344 g/mol. The Bertz CT molecular complexity index is 1020. The van der Waals surface area contributed by atoms with Crippen LogP contribution < -0.4 is 15.0 Å². The summed E-state index contributed by atoms with van der Waals surface area (Å²) in [5.74, 6) is 1.81. The molecule has 0 radical (unpaired) electrons. The fourth-order valence-corrected chi connectivity index (χ4v) is 3.45. The second-order valence-corrected chi connectivity index (χ2v) is 6.34. The topological polar surface area (TPSA) is 51.2 Å². The van der Waals surface area contributed by atoms with Crippen molar-refractivity contribution in [3.05, 3.63) is 89.7 Å². The van der Waals surface area contributed by atoms with Crippen molar-refractivity contribution in [3.63, 3.8) is 0 Å². The van der Waals surface area contributed by atoms with Gasteiger partial charge in [-0.3, -0.25) is 5.32 Å². The highest BCUT2D eigenvalue weighted by Gasteiger charge is 2.25. The van der Waals surface area contributed by atoms with E-state index in [0.29, 0.717) is 0 Å². The Hall–Kier alpha value is -3.27. The first-order chi connectivity index (χ1) is 12.8. The number of methoxy groups -OCH3 is 1. The third-order valence-corrected chi connectivity index (χ3v) is 4.67. The van der Waals surface area contributed by atoms with Crippen LogP contribution in [-0.2, 0) is 0 Å². The van der Waals surface area contributed by atoms with Crippen LogP contribution in [0.2, 0.25) is 0 Å². The van der Waals surface area contributed by atoms with Gasteiger partial charge in [-0.15, -0.1) is 0 Å². The maximum Gasteiger partial charge on any atom is 0.272 e. The van der Waals surface area contributed by atoms with Gasteiger partial charge in [0.25, 0.3) is 5.82 Å². The number of aromatic nitrogens is 2. The first kappa shape index (κ1) is 16.2. The van der Waals surface area contributed by atoms with E-state index in [-0.39, 0.29) is 6.04 Å². The average Bonchev–Trinajstić information content (AvgIpc) is 3.02. The van der Waals surface area contributed by atoms with Crippen LogP contribution in [0.25, 0.3) is 10.9 Å². The second kappa shape index (κ2) is 6.92. The van der Waals surface area contributed by atoms with Crippen molar-refractivity contribution in [2.45, 2.75) is 13.0 Å². The highest BCUT2D eigenvalue weighted by Crippen LogP contribution is 2.34. The van der Waals surface area contributed by atoms with Crippen molar-refractivity contribution in [2.24, 2.45) is 0 Å². The van der Waals surface area contributed by atoms with Crippen molar-refractivity contribution in [1.29, 1.82) is 0 Å². The largest absolute Gasteiger partial charge is 0.497 e. The van der Waals surface area contributed by atoms with E-state index >= 15 is 0 Å². The maximum atomic E-state index is 5.45. The summed E-state index contributed by atoms with van der Waals surface area (Å²) in [5, 5.41) is 4.87. The minimum absolute atomic E-state index is 0.0140. The van der Waals surface area contributed by atoms with Gasteiger partial charge in [0.2, 0.25) is 0 Å². The first-order valence-electron chi connectivity index (χ1n) is 8.70. The maximum absolute atomic E-state index is 5.45. The number of nitrogens with one attached hydrogen (secondary N) is 3. The second-order valence-electron chi connectivity index (χ2n) is 6.34. The molecule has 0 bridgehead atoms. The molecule has 26 heavy (non-hydrogen) atoms. The molecular weight excluding hydrogens is 322 g/mol. The van der Waals surface area contributed by atoms with Gasteiger partial charge in [-0.05, 0) is 31.2 Å². The molecule has 0 fully saturated rings. The van der Waals surface area contributed by atoms with Gasteiger partial charge in [-0.2, -0.15) is 0 Å². The number of para-hydroxylation sites is 1. The smallest absolute Gasteiger partial charge is 0.272 e. The molecule has 0 amide bonds. The molecule has 2 heterocycles. The van der Waals surface area contributed by atoms with E-state index in [0.717, 1.165) is 28.3 Å². The summed E-state index contributed by atoms with van der Waals surface area (Å²) in [4.78, 5) is 6.78. The van der Waals surface area contributed by atoms with E-state index < -0.39 is 0 Å². The van der Waals surface area contributed by atoms with Gasteiger partial charge in [0, 0.05) is 33.8 Å². The van der Waals surface area contributed by atoms with E-state index in [4.69, 9.17) is 4.74 Å². The molecule has 0 saturated heterocycles. The highest BCUT2D eigenvalue weighted by molar-refractivity contribution is 5.86. The Balaban J connectivity index is 1.88. The summed E-state index contributed by atoms with van der Waals surface area (Å²) in [6.07, 6.45) is 1.92. The Labute approximate surface area is 152 Å². The van der Waals surface area contributed by atoms with E-state index in [9.17, 15) is 0 Å². The zero-order chi connectivity index (χ0) is 17.9. The molecule has 130 valence electrons. The van der Waals surface area contributed by atoms with E-state index in [1.165, 1.54) is 10.9 Å². The van der Waals surface area contributed by atoms with Crippen LogP contribution in [0.3, 0.4) is 0 Å². The molecular formula is C22H22N3O+. The molecule has 4 aromatic rings. The van der Waals surface area contributed by atoms with Gasteiger partial charge >= 0.3 is 0 Å². The van der Waals surface area contributed by atoms with Crippen molar-refractivity contribution in [1.82, 2.24) is 4.98 Å². The third-order valence-electron chi connectivity index (χ3n) is 4.67. The molecule has 0 aliphatic carbocycles. The standard InChI is InChI=1S/C22H21N3O/c1-15-21(18-10-3-4-11-19(18)24-15)22(25-20-12-5-6-13-23-20)16-8-7-9-17(14-16)26-2/h3-14,22,24H,1-2H3,(H,23,25)/p+1. The number of aromatic amines is 2. The fourth-order valence-electron chi connectivity index (χ4n) is 3.45. The lowest BCUT2D eigenvalue weighted by molar-refractivity contribution is -0.361. The van der Waals surface area contributed by atoms with E-state index in [1.54, 1.807) is 7.11 Å². The lowest BCUT2D eigenvalue weighted by Gasteiger charge is -2.17. The van der Waals surface area contributed by atoms with Gasteiger partial charge in [0.1, 0.15) is 11.8 Å². The SMILES string of the molecule is COc1cccc(C(Nc2cccc[nH+]2)c2c(C)[nH]c3ccccc23)c1. The Morgan fingerprint density at radius 3 is 2.65 bits per heavy atom. The summed E-state index contributed by atoms with van der Waals surface area (Å²) in [6, 6.07) is 22.6. The van der Waals surface area contributed by atoms with E-state index in [1.807, 2.05) is 36.5 Å². The Kier molecular flexibility index (Phi) is 4.32. The van der Waals surface area contributed by atoms with Crippen molar-refractivity contribution >= 4 is 16.7 Å². The van der Waals surface area contributed by atoms with Crippen LogP contribution >= 0.6 is 0 Å². The van der Waals surface area contributed by atoms with Crippen molar-refractivity contribution in [3.8, 4) is 5.75 Å². The number of ether oxygens (including phenoxy) is 1. The number of pyridine rings is 1. The molecule has 0 aliphatic rings. The number of hydrogen-bond acceptors (Lipinski definition) is 2. The number of benzene rings is 2. The van der Waals surface area contributed by atoms with Crippen LogP contribution in [0.15, 0.2) is 72.9 Å². The number of aryl methyl sites for hydroxylation is 1. The monoisotopic (exact) mass is 344 g/mol. The number of H-pyrrole nitrogens is 2. The number of anilines is 1. The summed E-state index contributed by atoms with van der Waals surface area (Å²) in [7, 11) is 1.70. The summed E-state index contributed by atoms with van der Waals surface area (Å²) < 4.78 is 5.45. The number of hydrogen-bond donors (Lipinski definition) is 2. The zero-order valence-electron chi connectivity index (χ0n) is 14.9. The van der Waals surface area contributed by atoms with Crippen LogP contribution in [0, 0.1) is 6.92 Å². The lowest BCUT2D eigenvalue weighted by atomic mass is 9.95. The number of fused-ring (bicyclic) bond motifs is 1. The summed E-state index contributed by atoms with van der Waals surface area (Å²) >= 11 is 0. The molecule has 2 aromatic carbocycles. The normalized spacial score (nSPS) is 12.1. The van der Waals surface area contributed by atoms with E-state index in [2.05, 4.69) is 58.6 Å². The Morgan fingerprint density at radius 2 is 1.85 bits per heavy atom. The van der Waals surface area contributed by atoms with Crippen molar-refractivity contribution in [2.75, 3.05) is 12.4 Å². The molecule has 1 atom stereocenters. The van der Waals surface area contributed by atoms with Gasteiger partial charge < -0.3 is 9.72 Å². The first-order valence-corrected chi connectivity index (χ1v) is 8.70.